The Hall–Kier alpha value is -2.63. The molecule has 0 bridgehead atoms. The Bertz CT molecular complexity index is 1650. The molecule has 1 saturated heterocycles. The van der Waals surface area contributed by atoms with Crippen LogP contribution in [0.1, 0.15) is 57.1 Å². The zero-order valence-electron chi connectivity index (χ0n) is 27.8. The number of carbonyl (C=O) groups excluding carboxylic acids is 2. The third-order valence-corrected chi connectivity index (χ3v) is 12.3. The van der Waals surface area contributed by atoms with Crippen molar-refractivity contribution in [2.75, 3.05) is 24.4 Å². The summed E-state index contributed by atoms with van der Waals surface area (Å²) in [5, 5.41) is 16.1. The van der Waals surface area contributed by atoms with E-state index in [1.165, 1.54) is 22.9 Å². The van der Waals surface area contributed by atoms with Gasteiger partial charge in [0.25, 0.3) is 0 Å². The van der Waals surface area contributed by atoms with Crippen molar-refractivity contribution in [3.8, 4) is 0 Å². The number of esters is 1. The number of rotatable bonds is 15. The molecule has 1 aliphatic carbocycles. The summed E-state index contributed by atoms with van der Waals surface area (Å²) in [6, 6.07) is 7.39. The molecular formula is C33H43Cl2N5O8S2. The SMILES string of the molecule is CCOC(=O)[C@H](COCc1ccc(CNS(=O)(=O)c2cc3c(cc2Cl)NC(CCl)NS3)cc1)N[C@@H](C)C(=O)N1C2CCCCC2C[C@H]1C(=O)O. The molecule has 17 heteroatoms. The number of fused-ring (bicyclic) bond motifs is 2. The molecule has 2 heterocycles. The van der Waals surface area contributed by atoms with E-state index in [0.29, 0.717) is 28.4 Å². The molecule has 5 rings (SSSR count). The molecule has 1 saturated carbocycles. The fourth-order valence-electron chi connectivity index (χ4n) is 6.69. The van der Waals surface area contributed by atoms with E-state index in [9.17, 15) is 27.9 Å². The van der Waals surface area contributed by atoms with Crippen LogP contribution >= 0.6 is 35.1 Å². The lowest BCUT2D eigenvalue weighted by Gasteiger charge is -2.35. The maximum absolute atomic E-state index is 13.6. The second kappa shape index (κ2) is 17.3. The molecule has 0 aromatic heterocycles. The van der Waals surface area contributed by atoms with E-state index >= 15 is 0 Å². The van der Waals surface area contributed by atoms with Gasteiger partial charge in [-0.25, -0.2) is 22.7 Å². The van der Waals surface area contributed by atoms with Crippen molar-refractivity contribution in [2.45, 2.75) is 99.2 Å². The smallest absolute Gasteiger partial charge is 0.326 e. The van der Waals surface area contributed by atoms with Crippen LogP contribution in [0.25, 0.3) is 0 Å². The summed E-state index contributed by atoms with van der Waals surface area (Å²) in [7, 11) is -3.93. The molecule has 6 atom stereocenters. The van der Waals surface area contributed by atoms with Crippen LogP contribution in [-0.2, 0) is 47.0 Å². The van der Waals surface area contributed by atoms with E-state index < -0.39 is 40.1 Å². The van der Waals surface area contributed by atoms with E-state index in [2.05, 4.69) is 20.1 Å². The first kappa shape index (κ1) is 38.6. The maximum Gasteiger partial charge on any atom is 0.326 e. The number of ether oxygens (including phenoxy) is 2. The lowest BCUT2D eigenvalue weighted by Crippen LogP contribution is -2.56. The Morgan fingerprint density at radius 3 is 2.56 bits per heavy atom. The highest BCUT2D eigenvalue weighted by molar-refractivity contribution is 7.97. The van der Waals surface area contributed by atoms with E-state index in [0.717, 1.165) is 31.2 Å². The number of carboxylic acids is 1. The van der Waals surface area contributed by atoms with Crippen LogP contribution in [0, 0.1) is 5.92 Å². The van der Waals surface area contributed by atoms with Gasteiger partial charge in [0.2, 0.25) is 15.9 Å². The third-order valence-electron chi connectivity index (χ3n) is 9.18. The minimum Gasteiger partial charge on any atom is -0.480 e. The summed E-state index contributed by atoms with van der Waals surface area (Å²) in [6.45, 7) is 3.52. The van der Waals surface area contributed by atoms with Crippen molar-refractivity contribution in [3.05, 3.63) is 52.5 Å². The quantitative estimate of drug-likeness (QED) is 0.0999. The van der Waals surface area contributed by atoms with Crippen LogP contribution in [0.15, 0.2) is 46.2 Å². The first-order valence-corrected chi connectivity index (χ1v) is 19.8. The van der Waals surface area contributed by atoms with Gasteiger partial charge in [-0.1, -0.05) is 48.7 Å². The zero-order valence-corrected chi connectivity index (χ0v) is 31.0. The van der Waals surface area contributed by atoms with Crippen LogP contribution in [0.4, 0.5) is 5.69 Å². The molecule has 1 amide bonds. The molecule has 0 radical (unpaired) electrons. The molecule has 3 unspecified atom stereocenters. The van der Waals surface area contributed by atoms with E-state index in [1.807, 2.05) is 0 Å². The Morgan fingerprint density at radius 2 is 1.86 bits per heavy atom. The lowest BCUT2D eigenvalue weighted by molar-refractivity contribution is -0.152. The molecule has 2 aromatic carbocycles. The Kier molecular flexibility index (Phi) is 13.3. The predicted molar refractivity (Wildman–Crippen MR) is 190 cm³/mol. The topological polar surface area (TPSA) is 175 Å². The van der Waals surface area contributed by atoms with Crippen molar-refractivity contribution in [1.82, 2.24) is 19.7 Å². The molecule has 50 heavy (non-hydrogen) atoms. The van der Waals surface area contributed by atoms with Crippen molar-refractivity contribution >= 4 is 68.7 Å². The average molecular weight is 773 g/mol. The van der Waals surface area contributed by atoms with Gasteiger partial charge in [-0.2, -0.15) is 0 Å². The fourth-order valence-corrected chi connectivity index (χ4v) is 9.39. The number of carbonyl (C=O) groups is 3. The normalized spacial score (nSPS) is 22.9. The standard InChI is InChI=1S/C33H43Cl2N5O8S2/c1-3-48-33(44)25(37-19(2)31(41)40-26-7-5-4-6-22(26)12-27(40)32(42)43)18-47-17-21-10-8-20(9-11-21)16-36-50(45,46)29-14-28-24(13-23(29)35)38-30(15-34)39-49-28/h8-11,13-14,19,22,25-27,30,36-39H,3-7,12,15-18H2,1-2H3,(H,42,43)/t19-,22?,25-,26?,27-,30?/m0/s1. The van der Waals surface area contributed by atoms with Gasteiger partial charge in [-0.15, -0.1) is 11.6 Å². The first-order chi connectivity index (χ1) is 23.9. The van der Waals surface area contributed by atoms with Crippen LogP contribution in [-0.4, -0.2) is 85.7 Å². The molecule has 2 fully saturated rings. The van der Waals surface area contributed by atoms with Crippen LogP contribution in [0.2, 0.25) is 5.02 Å². The summed E-state index contributed by atoms with van der Waals surface area (Å²) in [5.74, 6) is -1.45. The van der Waals surface area contributed by atoms with E-state index in [4.69, 9.17) is 32.7 Å². The lowest BCUT2D eigenvalue weighted by atomic mass is 9.84. The summed E-state index contributed by atoms with van der Waals surface area (Å²) in [5.41, 5.74) is 2.18. The number of halogens is 2. The summed E-state index contributed by atoms with van der Waals surface area (Å²) < 4.78 is 43.0. The van der Waals surface area contributed by atoms with Crippen molar-refractivity contribution in [2.24, 2.45) is 5.92 Å². The van der Waals surface area contributed by atoms with Gasteiger partial charge in [0, 0.05) is 17.5 Å². The van der Waals surface area contributed by atoms with Gasteiger partial charge < -0.3 is 24.8 Å². The molecule has 3 aliphatic rings. The fraction of sp³-hybridized carbons (Fsp3) is 0.545. The number of hydrogen-bond donors (Lipinski definition) is 5. The second-order valence-electron chi connectivity index (χ2n) is 12.6. The highest BCUT2D eigenvalue weighted by Crippen LogP contribution is 2.40. The Labute approximate surface area is 306 Å². The monoisotopic (exact) mass is 771 g/mol. The number of nitrogens with zero attached hydrogens (tertiary/aromatic N) is 1. The van der Waals surface area contributed by atoms with Crippen molar-refractivity contribution < 1.29 is 37.4 Å². The number of amides is 1. The number of hydrogen-bond acceptors (Lipinski definition) is 11. The predicted octanol–water partition coefficient (Wildman–Crippen LogP) is 4.08. The van der Waals surface area contributed by atoms with Gasteiger partial charge in [0.15, 0.2) is 0 Å². The van der Waals surface area contributed by atoms with Gasteiger partial charge >= 0.3 is 11.9 Å². The van der Waals surface area contributed by atoms with Crippen molar-refractivity contribution in [3.63, 3.8) is 0 Å². The number of sulfonamides is 1. The highest BCUT2D eigenvalue weighted by Gasteiger charge is 2.48. The second-order valence-corrected chi connectivity index (χ2v) is 16.0. The van der Waals surface area contributed by atoms with Crippen LogP contribution < -0.4 is 20.1 Å². The Balaban J connectivity index is 1.15. The third kappa shape index (κ3) is 9.23. The molecule has 0 spiro atoms. The number of benzene rings is 2. The first-order valence-electron chi connectivity index (χ1n) is 16.6. The van der Waals surface area contributed by atoms with Crippen LogP contribution in [0.3, 0.4) is 0 Å². The van der Waals surface area contributed by atoms with E-state index in [-0.39, 0.29) is 60.3 Å². The molecule has 2 aromatic rings. The molecule has 274 valence electrons. The summed E-state index contributed by atoms with van der Waals surface area (Å²) >= 11 is 13.5. The minimum absolute atomic E-state index is 0.0248. The number of anilines is 1. The van der Waals surface area contributed by atoms with Gasteiger partial charge in [0.05, 0.1) is 42.5 Å². The van der Waals surface area contributed by atoms with Crippen molar-refractivity contribution in [1.29, 1.82) is 0 Å². The highest BCUT2D eigenvalue weighted by atomic mass is 35.5. The average Bonchev–Trinajstić information content (AvgIpc) is 3.50. The summed E-state index contributed by atoms with van der Waals surface area (Å²) in [4.78, 5) is 40.6. The minimum atomic E-state index is -3.93. The number of alkyl halides is 1. The number of aliphatic carboxylic acids is 1. The van der Waals surface area contributed by atoms with Gasteiger partial charge in [0.1, 0.15) is 23.1 Å². The molecular weight excluding hydrogens is 729 g/mol. The molecule has 2 aliphatic heterocycles. The zero-order chi connectivity index (χ0) is 36.0. The number of carboxylic acid groups (broad SMARTS) is 1. The van der Waals surface area contributed by atoms with Gasteiger partial charge in [-0.3, -0.25) is 14.9 Å². The maximum atomic E-state index is 13.6. The van der Waals surface area contributed by atoms with Gasteiger partial charge in [-0.05, 0) is 74.2 Å². The summed E-state index contributed by atoms with van der Waals surface area (Å²) in [6.07, 6.45) is 3.94. The largest absolute Gasteiger partial charge is 0.480 e. The number of nitrogens with one attached hydrogen (secondary N) is 4. The Morgan fingerprint density at radius 1 is 1.14 bits per heavy atom. The van der Waals surface area contributed by atoms with Crippen LogP contribution in [0.5, 0.6) is 0 Å². The number of likely N-dealkylation sites (tertiary alicyclic amines) is 1. The van der Waals surface area contributed by atoms with E-state index in [1.54, 1.807) is 44.2 Å². The molecule has 5 N–H and O–H groups in total. The molecule has 13 nitrogen and oxygen atoms in total.